The Morgan fingerprint density at radius 1 is 1.28 bits per heavy atom. The molecule has 0 spiro atoms. The first-order valence-corrected chi connectivity index (χ1v) is 8.47. The summed E-state index contributed by atoms with van der Waals surface area (Å²) in [6.45, 7) is 2.05. The standard InChI is InChI=1S/C16H16Cl2N4O3/c1-9-19-20-14-8-22(13(16(24)25)7-21(9)14)15(23)5-3-10-2-4-11(17)12(18)6-10/h2,4,6,13H,3,5,7-8H2,1H3,(H,24,25). The van der Waals surface area contributed by atoms with Gasteiger partial charge in [-0.1, -0.05) is 29.3 Å². The van der Waals surface area contributed by atoms with E-state index in [-0.39, 0.29) is 25.4 Å². The number of halogens is 2. The Hall–Kier alpha value is -2.12. The van der Waals surface area contributed by atoms with E-state index < -0.39 is 12.0 Å². The van der Waals surface area contributed by atoms with Crippen LogP contribution in [0.3, 0.4) is 0 Å². The largest absolute Gasteiger partial charge is 0.480 e. The highest BCUT2D eigenvalue weighted by atomic mass is 35.5. The van der Waals surface area contributed by atoms with Gasteiger partial charge in [-0.3, -0.25) is 4.79 Å². The van der Waals surface area contributed by atoms with Crippen molar-refractivity contribution in [3.05, 3.63) is 45.5 Å². The highest BCUT2D eigenvalue weighted by molar-refractivity contribution is 6.42. The minimum atomic E-state index is -1.04. The van der Waals surface area contributed by atoms with E-state index in [1.807, 2.05) is 0 Å². The molecule has 1 aromatic heterocycles. The number of fused-ring (bicyclic) bond motifs is 1. The third kappa shape index (κ3) is 3.62. The van der Waals surface area contributed by atoms with Gasteiger partial charge in [0.15, 0.2) is 5.82 Å². The first kappa shape index (κ1) is 17.7. The van der Waals surface area contributed by atoms with Crippen molar-refractivity contribution >= 4 is 35.1 Å². The number of carbonyl (C=O) groups is 2. The van der Waals surface area contributed by atoms with Crippen LogP contribution in [-0.4, -0.2) is 42.7 Å². The van der Waals surface area contributed by atoms with Gasteiger partial charge in [0.25, 0.3) is 0 Å². The lowest BCUT2D eigenvalue weighted by Crippen LogP contribution is -2.50. The van der Waals surface area contributed by atoms with Crippen molar-refractivity contribution in [2.75, 3.05) is 0 Å². The molecular formula is C16H16Cl2N4O3. The number of carboxylic acid groups (broad SMARTS) is 1. The van der Waals surface area contributed by atoms with E-state index in [1.54, 1.807) is 29.7 Å². The van der Waals surface area contributed by atoms with Crippen LogP contribution in [-0.2, 0) is 29.1 Å². The summed E-state index contributed by atoms with van der Waals surface area (Å²) in [5.74, 6) is -0.0472. The molecule has 1 aromatic carbocycles. The molecule has 0 saturated heterocycles. The lowest BCUT2D eigenvalue weighted by molar-refractivity contribution is -0.152. The minimum Gasteiger partial charge on any atom is -0.480 e. The van der Waals surface area contributed by atoms with Gasteiger partial charge in [-0.15, -0.1) is 10.2 Å². The van der Waals surface area contributed by atoms with Crippen LogP contribution in [0.5, 0.6) is 0 Å². The van der Waals surface area contributed by atoms with Crippen LogP contribution in [0.25, 0.3) is 0 Å². The summed E-state index contributed by atoms with van der Waals surface area (Å²) in [6.07, 6.45) is 0.624. The number of nitrogens with zero attached hydrogens (tertiary/aromatic N) is 4. The molecule has 1 N–H and O–H groups in total. The third-order valence-electron chi connectivity index (χ3n) is 4.27. The summed E-state index contributed by atoms with van der Waals surface area (Å²) in [5, 5.41) is 18.3. The second-order valence-electron chi connectivity index (χ2n) is 5.90. The molecule has 1 amide bonds. The van der Waals surface area contributed by atoms with Gasteiger partial charge in [0, 0.05) is 6.42 Å². The van der Waals surface area contributed by atoms with Crippen molar-refractivity contribution in [3.8, 4) is 0 Å². The molecule has 0 saturated carbocycles. The molecule has 1 unspecified atom stereocenters. The van der Waals surface area contributed by atoms with E-state index in [0.29, 0.717) is 28.1 Å². The molecule has 0 fully saturated rings. The van der Waals surface area contributed by atoms with Crippen LogP contribution in [0.4, 0.5) is 0 Å². The maximum Gasteiger partial charge on any atom is 0.328 e. The molecular weight excluding hydrogens is 367 g/mol. The van der Waals surface area contributed by atoms with Gasteiger partial charge in [-0.05, 0) is 31.0 Å². The normalized spacial score (nSPS) is 16.6. The number of benzene rings is 1. The smallest absolute Gasteiger partial charge is 0.328 e. The number of carboxylic acids is 1. The van der Waals surface area contributed by atoms with Crippen molar-refractivity contribution in [1.29, 1.82) is 0 Å². The van der Waals surface area contributed by atoms with Crippen molar-refractivity contribution in [2.24, 2.45) is 0 Å². The topological polar surface area (TPSA) is 88.3 Å². The zero-order chi connectivity index (χ0) is 18.1. The number of aliphatic carboxylic acids is 1. The van der Waals surface area contributed by atoms with Crippen molar-refractivity contribution in [2.45, 2.75) is 38.9 Å². The summed E-state index contributed by atoms with van der Waals surface area (Å²) < 4.78 is 1.74. The zero-order valence-electron chi connectivity index (χ0n) is 13.4. The molecule has 3 rings (SSSR count). The fourth-order valence-corrected chi connectivity index (χ4v) is 3.20. The maximum absolute atomic E-state index is 12.6. The molecule has 9 heteroatoms. The van der Waals surface area contributed by atoms with E-state index in [4.69, 9.17) is 23.2 Å². The van der Waals surface area contributed by atoms with Gasteiger partial charge < -0.3 is 14.6 Å². The van der Waals surface area contributed by atoms with Crippen LogP contribution in [0.2, 0.25) is 10.0 Å². The van der Waals surface area contributed by atoms with Gasteiger partial charge in [0.2, 0.25) is 5.91 Å². The van der Waals surface area contributed by atoms with E-state index >= 15 is 0 Å². The second-order valence-corrected chi connectivity index (χ2v) is 6.71. The number of amides is 1. The van der Waals surface area contributed by atoms with E-state index in [1.165, 1.54) is 4.90 Å². The van der Waals surface area contributed by atoms with Gasteiger partial charge in [-0.2, -0.15) is 0 Å². The van der Waals surface area contributed by atoms with E-state index in [2.05, 4.69) is 10.2 Å². The summed E-state index contributed by atoms with van der Waals surface area (Å²) >= 11 is 11.9. The lowest BCUT2D eigenvalue weighted by atomic mass is 10.1. The Kier molecular flexibility index (Phi) is 4.96. The fraction of sp³-hybridized carbons (Fsp3) is 0.375. The Morgan fingerprint density at radius 2 is 2.04 bits per heavy atom. The molecule has 1 aliphatic rings. The second kappa shape index (κ2) is 7.01. The highest BCUT2D eigenvalue weighted by Gasteiger charge is 2.36. The number of hydrogen-bond donors (Lipinski definition) is 1. The summed E-state index contributed by atoms with van der Waals surface area (Å²) in [6, 6.07) is 4.26. The molecule has 25 heavy (non-hydrogen) atoms. The van der Waals surface area contributed by atoms with Crippen molar-refractivity contribution in [1.82, 2.24) is 19.7 Å². The molecule has 1 aliphatic heterocycles. The molecule has 0 bridgehead atoms. The maximum atomic E-state index is 12.6. The van der Waals surface area contributed by atoms with Crippen LogP contribution in [0.15, 0.2) is 18.2 Å². The zero-order valence-corrected chi connectivity index (χ0v) is 15.0. The average molecular weight is 383 g/mol. The Morgan fingerprint density at radius 3 is 2.72 bits per heavy atom. The Bertz CT molecular complexity index is 837. The van der Waals surface area contributed by atoms with Crippen LogP contribution in [0.1, 0.15) is 23.6 Å². The molecule has 0 aliphatic carbocycles. The first-order valence-electron chi connectivity index (χ1n) is 7.71. The van der Waals surface area contributed by atoms with Gasteiger partial charge in [0.1, 0.15) is 11.9 Å². The van der Waals surface area contributed by atoms with Crippen LogP contribution >= 0.6 is 23.2 Å². The third-order valence-corrected chi connectivity index (χ3v) is 5.01. The average Bonchev–Trinajstić information content (AvgIpc) is 2.95. The SMILES string of the molecule is Cc1nnc2n1CC(C(=O)O)N(C(=O)CCc1ccc(Cl)c(Cl)c1)C2. The summed E-state index contributed by atoms with van der Waals surface area (Å²) in [4.78, 5) is 25.5. The highest BCUT2D eigenvalue weighted by Crippen LogP contribution is 2.24. The van der Waals surface area contributed by atoms with Crippen molar-refractivity contribution in [3.63, 3.8) is 0 Å². The number of rotatable bonds is 4. The molecule has 2 aromatic rings. The first-order chi connectivity index (χ1) is 11.9. The minimum absolute atomic E-state index is 0.137. The molecule has 1 atom stereocenters. The number of hydrogen-bond acceptors (Lipinski definition) is 4. The van der Waals surface area contributed by atoms with Crippen LogP contribution in [0, 0.1) is 6.92 Å². The molecule has 132 valence electrons. The molecule has 2 heterocycles. The monoisotopic (exact) mass is 382 g/mol. The van der Waals surface area contributed by atoms with E-state index in [9.17, 15) is 14.7 Å². The predicted molar refractivity (Wildman–Crippen MR) is 91.5 cm³/mol. The summed E-state index contributed by atoms with van der Waals surface area (Å²) in [5.41, 5.74) is 0.866. The van der Waals surface area contributed by atoms with Crippen LogP contribution < -0.4 is 0 Å². The Labute approximate surface area is 154 Å². The lowest BCUT2D eigenvalue weighted by Gasteiger charge is -2.33. The fourth-order valence-electron chi connectivity index (χ4n) is 2.88. The number of carbonyl (C=O) groups excluding carboxylic acids is 1. The number of aromatic nitrogens is 3. The van der Waals surface area contributed by atoms with Gasteiger partial charge >= 0.3 is 5.97 Å². The quantitative estimate of drug-likeness (QED) is 0.876. The summed E-state index contributed by atoms with van der Waals surface area (Å²) in [7, 11) is 0. The van der Waals surface area contributed by atoms with Crippen molar-refractivity contribution < 1.29 is 14.7 Å². The predicted octanol–water partition coefficient (Wildman–Crippen LogP) is 2.32. The van der Waals surface area contributed by atoms with E-state index in [0.717, 1.165) is 5.56 Å². The Balaban J connectivity index is 1.73. The molecule has 0 radical (unpaired) electrons. The van der Waals surface area contributed by atoms with Gasteiger partial charge in [0.05, 0.1) is 23.1 Å². The van der Waals surface area contributed by atoms with Gasteiger partial charge in [-0.25, -0.2) is 4.79 Å². The molecule has 7 nitrogen and oxygen atoms in total. The number of aryl methyl sites for hydroxylation is 2.